The molecule has 114 valence electrons. The number of nitrogens with one attached hydrogen (secondary N) is 1. The lowest BCUT2D eigenvalue weighted by Gasteiger charge is -2.24. The quantitative estimate of drug-likeness (QED) is 0.540. The van der Waals surface area contributed by atoms with E-state index in [2.05, 4.69) is 5.32 Å². The Kier molecular flexibility index (Phi) is 6.55. The second kappa shape index (κ2) is 8.16. The van der Waals surface area contributed by atoms with Crippen molar-refractivity contribution in [2.75, 3.05) is 19.8 Å². The van der Waals surface area contributed by atoms with Gasteiger partial charge >= 0.3 is 0 Å². The first-order chi connectivity index (χ1) is 10.0. The van der Waals surface area contributed by atoms with E-state index in [0.29, 0.717) is 29.8 Å². The van der Waals surface area contributed by atoms with Crippen molar-refractivity contribution in [3.05, 3.63) is 29.3 Å². The molecule has 6 heteroatoms. The number of nitrogens with two attached hydrogens (primary N) is 1. The maximum absolute atomic E-state index is 11.3. The summed E-state index contributed by atoms with van der Waals surface area (Å²) in [5.74, 6) is -0.108. The minimum absolute atomic E-state index is 0.108. The van der Waals surface area contributed by atoms with Gasteiger partial charge in [0, 0.05) is 31.3 Å². The molecule has 0 saturated carbocycles. The Morgan fingerprint density at radius 1 is 1.43 bits per heavy atom. The number of nitrogen functional groups attached to an aromatic ring is 1. The predicted molar refractivity (Wildman–Crippen MR) is 80.9 cm³/mol. The Labute approximate surface area is 124 Å². The number of aldehydes is 2. The number of benzene rings is 1. The second-order valence-electron chi connectivity index (χ2n) is 4.86. The normalized spacial score (nSPS) is 12.0. The number of hydrogen-bond donors (Lipinski definition) is 2. The van der Waals surface area contributed by atoms with Crippen molar-refractivity contribution < 1.29 is 14.4 Å². The van der Waals surface area contributed by atoms with E-state index in [9.17, 15) is 14.4 Å². The molecular formula is C15H21N3O3. The SMILES string of the molecule is CNC(=O)CCC(C=O)N(C)Cc1c(N)cccc1C=O. The molecule has 0 bridgehead atoms. The van der Waals surface area contributed by atoms with Crippen molar-refractivity contribution in [2.45, 2.75) is 25.4 Å². The van der Waals surface area contributed by atoms with Crippen LogP contribution in [0.1, 0.15) is 28.8 Å². The molecule has 1 unspecified atom stereocenters. The number of carbonyl (C=O) groups is 3. The lowest BCUT2D eigenvalue weighted by atomic mass is 10.0. The van der Waals surface area contributed by atoms with Gasteiger partial charge in [-0.2, -0.15) is 0 Å². The molecule has 1 amide bonds. The second-order valence-corrected chi connectivity index (χ2v) is 4.86. The predicted octanol–water partition coefficient (Wildman–Crippen LogP) is 0.607. The zero-order valence-electron chi connectivity index (χ0n) is 12.3. The summed E-state index contributed by atoms with van der Waals surface area (Å²) in [4.78, 5) is 35.3. The number of amides is 1. The molecular weight excluding hydrogens is 270 g/mol. The highest BCUT2D eigenvalue weighted by molar-refractivity contribution is 5.80. The average Bonchev–Trinajstić information content (AvgIpc) is 2.49. The van der Waals surface area contributed by atoms with Gasteiger partial charge in [-0.15, -0.1) is 0 Å². The van der Waals surface area contributed by atoms with E-state index in [0.717, 1.165) is 12.6 Å². The number of rotatable bonds is 8. The summed E-state index contributed by atoms with van der Waals surface area (Å²) in [5, 5.41) is 2.52. The Balaban J connectivity index is 2.78. The van der Waals surface area contributed by atoms with Gasteiger partial charge in [0.1, 0.15) is 12.6 Å². The first-order valence-electron chi connectivity index (χ1n) is 6.72. The van der Waals surface area contributed by atoms with Crippen LogP contribution in [0.5, 0.6) is 0 Å². The monoisotopic (exact) mass is 291 g/mol. The molecule has 1 aromatic rings. The van der Waals surface area contributed by atoms with Gasteiger partial charge < -0.3 is 15.8 Å². The third-order valence-corrected chi connectivity index (χ3v) is 3.45. The van der Waals surface area contributed by atoms with Crippen LogP contribution in [0.25, 0.3) is 0 Å². The summed E-state index contributed by atoms with van der Waals surface area (Å²) in [6, 6.07) is 4.72. The van der Waals surface area contributed by atoms with Crippen LogP contribution in [0.2, 0.25) is 0 Å². The van der Waals surface area contributed by atoms with Gasteiger partial charge in [0.2, 0.25) is 5.91 Å². The van der Waals surface area contributed by atoms with Crippen LogP contribution < -0.4 is 11.1 Å². The van der Waals surface area contributed by atoms with Gasteiger partial charge in [-0.05, 0) is 25.1 Å². The summed E-state index contributed by atoms with van der Waals surface area (Å²) in [5.41, 5.74) is 7.62. The van der Waals surface area contributed by atoms with Crippen LogP contribution in [0.15, 0.2) is 18.2 Å². The molecule has 6 nitrogen and oxygen atoms in total. The van der Waals surface area contributed by atoms with E-state index in [1.807, 2.05) is 0 Å². The Morgan fingerprint density at radius 3 is 2.71 bits per heavy atom. The van der Waals surface area contributed by atoms with Crippen LogP contribution in [0, 0.1) is 0 Å². The third-order valence-electron chi connectivity index (χ3n) is 3.45. The number of anilines is 1. The van der Waals surface area contributed by atoms with E-state index in [-0.39, 0.29) is 12.3 Å². The Bertz CT molecular complexity index is 517. The van der Waals surface area contributed by atoms with E-state index >= 15 is 0 Å². The molecule has 0 fully saturated rings. The molecule has 1 aromatic carbocycles. The summed E-state index contributed by atoms with van der Waals surface area (Å²) >= 11 is 0. The van der Waals surface area contributed by atoms with Crippen LogP contribution in [0.4, 0.5) is 5.69 Å². The molecule has 0 aromatic heterocycles. The standard InChI is InChI=1S/C15H21N3O3/c1-17-15(21)7-6-12(10-20)18(2)8-13-11(9-19)4-3-5-14(13)16/h3-5,9-10,12H,6-8,16H2,1-2H3,(H,17,21). The van der Waals surface area contributed by atoms with Crippen molar-refractivity contribution >= 4 is 24.2 Å². The summed E-state index contributed by atoms with van der Waals surface area (Å²) in [6.45, 7) is 0.373. The van der Waals surface area contributed by atoms with E-state index in [4.69, 9.17) is 5.73 Å². The molecule has 3 N–H and O–H groups in total. The minimum atomic E-state index is -0.401. The third kappa shape index (κ3) is 4.68. The fraction of sp³-hybridized carbons (Fsp3) is 0.400. The van der Waals surface area contributed by atoms with Crippen LogP contribution >= 0.6 is 0 Å². The minimum Gasteiger partial charge on any atom is -0.398 e. The number of hydrogen-bond acceptors (Lipinski definition) is 5. The highest BCUT2D eigenvalue weighted by Gasteiger charge is 2.17. The lowest BCUT2D eigenvalue weighted by Crippen LogP contribution is -2.34. The molecule has 0 saturated heterocycles. The molecule has 0 aliphatic carbocycles. The van der Waals surface area contributed by atoms with Gasteiger partial charge in [-0.1, -0.05) is 12.1 Å². The zero-order chi connectivity index (χ0) is 15.8. The maximum Gasteiger partial charge on any atom is 0.219 e. The van der Waals surface area contributed by atoms with Crippen molar-refractivity contribution in [3.63, 3.8) is 0 Å². The molecule has 0 aliphatic heterocycles. The fourth-order valence-corrected chi connectivity index (χ4v) is 2.08. The van der Waals surface area contributed by atoms with E-state index in [1.165, 1.54) is 0 Å². The average molecular weight is 291 g/mol. The van der Waals surface area contributed by atoms with E-state index < -0.39 is 6.04 Å². The Morgan fingerprint density at radius 2 is 2.14 bits per heavy atom. The lowest BCUT2D eigenvalue weighted by molar-refractivity contribution is -0.121. The van der Waals surface area contributed by atoms with Gasteiger partial charge in [-0.3, -0.25) is 14.5 Å². The summed E-state index contributed by atoms with van der Waals surface area (Å²) in [7, 11) is 3.33. The van der Waals surface area contributed by atoms with Crippen LogP contribution in [-0.4, -0.2) is 43.5 Å². The topological polar surface area (TPSA) is 92.5 Å². The van der Waals surface area contributed by atoms with Crippen LogP contribution in [-0.2, 0) is 16.1 Å². The van der Waals surface area contributed by atoms with Crippen molar-refractivity contribution in [3.8, 4) is 0 Å². The first kappa shape index (κ1) is 16.8. The number of nitrogens with zero attached hydrogens (tertiary/aromatic N) is 1. The summed E-state index contributed by atoms with van der Waals surface area (Å²) in [6.07, 6.45) is 2.25. The molecule has 21 heavy (non-hydrogen) atoms. The highest BCUT2D eigenvalue weighted by atomic mass is 16.1. The molecule has 0 spiro atoms. The molecule has 1 rings (SSSR count). The highest BCUT2D eigenvalue weighted by Crippen LogP contribution is 2.19. The van der Waals surface area contributed by atoms with Gasteiger partial charge in [0.15, 0.2) is 0 Å². The number of likely N-dealkylation sites (N-methyl/N-ethyl adjacent to an activating group) is 1. The van der Waals surface area contributed by atoms with Crippen molar-refractivity contribution in [1.29, 1.82) is 0 Å². The van der Waals surface area contributed by atoms with Gasteiger partial charge in [-0.25, -0.2) is 0 Å². The number of carbonyl (C=O) groups excluding carboxylic acids is 3. The van der Waals surface area contributed by atoms with Gasteiger partial charge in [0.25, 0.3) is 0 Å². The molecule has 0 heterocycles. The molecule has 1 atom stereocenters. The summed E-state index contributed by atoms with van der Waals surface area (Å²) < 4.78 is 0. The van der Waals surface area contributed by atoms with Crippen LogP contribution in [0.3, 0.4) is 0 Å². The smallest absolute Gasteiger partial charge is 0.219 e. The first-order valence-corrected chi connectivity index (χ1v) is 6.72. The maximum atomic E-state index is 11.3. The van der Waals surface area contributed by atoms with Crippen molar-refractivity contribution in [1.82, 2.24) is 10.2 Å². The van der Waals surface area contributed by atoms with E-state index in [1.54, 1.807) is 37.2 Å². The zero-order valence-corrected chi connectivity index (χ0v) is 12.3. The molecule has 0 aliphatic rings. The fourth-order valence-electron chi connectivity index (χ4n) is 2.08. The largest absolute Gasteiger partial charge is 0.398 e. The van der Waals surface area contributed by atoms with Gasteiger partial charge in [0.05, 0.1) is 6.04 Å². The van der Waals surface area contributed by atoms with Crippen molar-refractivity contribution in [2.24, 2.45) is 0 Å². The molecule has 0 radical (unpaired) electrons. The Hall–Kier alpha value is -2.21.